The fraction of sp³-hybridized carbons (Fsp3) is 0.273. The Labute approximate surface area is 171 Å². The Bertz CT molecular complexity index is 1180. The molecule has 0 amide bonds. The number of hydrogen-bond donors (Lipinski definition) is 0. The van der Waals surface area contributed by atoms with Crippen LogP contribution >= 0.6 is 0 Å². The van der Waals surface area contributed by atoms with Crippen LogP contribution in [-0.4, -0.2) is 30.2 Å². The van der Waals surface area contributed by atoms with E-state index in [1.165, 1.54) is 17.1 Å². The molecular weight excluding hydrogens is 388 g/mol. The van der Waals surface area contributed by atoms with Crippen molar-refractivity contribution in [3.8, 4) is 5.88 Å². The van der Waals surface area contributed by atoms with Crippen molar-refractivity contribution in [1.29, 1.82) is 0 Å². The van der Waals surface area contributed by atoms with Gasteiger partial charge >= 0.3 is 0 Å². The molecule has 0 fully saturated rings. The van der Waals surface area contributed by atoms with Crippen molar-refractivity contribution in [2.45, 2.75) is 32.3 Å². The minimum absolute atomic E-state index is 0.245. The number of carbonyl (C=O) groups excluding carboxylic acids is 1. The van der Waals surface area contributed by atoms with Crippen LogP contribution in [-0.2, 0) is 23.5 Å². The van der Waals surface area contributed by atoms with Crippen molar-refractivity contribution in [1.82, 2.24) is 9.78 Å². The molecule has 1 heterocycles. The van der Waals surface area contributed by atoms with Gasteiger partial charge in [-0.05, 0) is 49.1 Å². The molecule has 0 unspecified atom stereocenters. The molecule has 0 bridgehead atoms. The maximum Gasteiger partial charge on any atom is 0.223 e. The number of ether oxygens (including phenoxy) is 1. The summed E-state index contributed by atoms with van der Waals surface area (Å²) in [4.78, 5) is 13.6. The van der Waals surface area contributed by atoms with E-state index < -0.39 is 9.84 Å². The molecule has 0 saturated carbocycles. The molecule has 3 rings (SSSR count). The molecular formula is C22H24N2O4S. The van der Waals surface area contributed by atoms with E-state index in [9.17, 15) is 13.2 Å². The van der Waals surface area contributed by atoms with Gasteiger partial charge in [-0.3, -0.25) is 4.79 Å². The number of sulfone groups is 1. The highest BCUT2D eigenvalue weighted by molar-refractivity contribution is 7.90. The molecule has 29 heavy (non-hydrogen) atoms. The molecule has 0 spiro atoms. The van der Waals surface area contributed by atoms with Gasteiger partial charge in [-0.15, -0.1) is 0 Å². The fourth-order valence-electron chi connectivity index (χ4n) is 3.49. The Hall–Kier alpha value is -2.93. The Morgan fingerprint density at radius 2 is 1.72 bits per heavy atom. The zero-order chi connectivity index (χ0) is 21.3. The van der Waals surface area contributed by atoms with Gasteiger partial charge in [0.25, 0.3) is 0 Å². The van der Waals surface area contributed by atoms with Gasteiger partial charge in [0.1, 0.15) is 12.2 Å². The summed E-state index contributed by atoms with van der Waals surface area (Å²) in [6.07, 6.45) is 2.66. The summed E-state index contributed by atoms with van der Waals surface area (Å²) >= 11 is 0. The lowest BCUT2D eigenvalue weighted by Crippen LogP contribution is -2.12. The lowest BCUT2D eigenvalue weighted by Gasteiger charge is -2.15. The predicted molar refractivity (Wildman–Crippen MR) is 111 cm³/mol. The number of aromatic nitrogens is 2. The van der Waals surface area contributed by atoms with Crippen LogP contribution in [0.3, 0.4) is 0 Å². The van der Waals surface area contributed by atoms with Crippen LogP contribution in [0, 0.1) is 20.8 Å². The Morgan fingerprint density at radius 3 is 2.34 bits per heavy atom. The number of hydrogen-bond acceptors (Lipinski definition) is 5. The van der Waals surface area contributed by atoms with Gasteiger partial charge in [0.15, 0.2) is 15.6 Å². The SMILES string of the molecule is Cc1cc(C(=O)c2cnn(C)c2OCc2ccccc2)c(C)c(C)c1S(C)(=O)=O. The molecule has 0 saturated heterocycles. The van der Waals surface area contributed by atoms with Crippen molar-refractivity contribution in [2.24, 2.45) is 7.05 Å². The van der Waals surface area contributed by atoms with Crippen LogP contribution in [0.2, 0.25) is 0 Å². The van der Waals surface area contributed by atoms with E-state index >= 15 is 0 Å². The maximum absolute atomic E-state index is 13.3. The Morgan fingerprint density at radius 1 is 1.07 bits per heavy atom. The number of nitrogens with zero attached hydrogens (tertiary/aromatic N) is 2. The lowest BCUT2D eigenvalue weighted by atomic mass is 9.95. The minimum Gasteiger partial charge on any atom is -0.472 e. The first kappa shape index (κ1) is 20.8. The lowest BCUT2D eigenvalue weighted by molar-refractivity contribution is 0.103. The quantitative estimate of drug-likeness (QED) is 0.579. The van der Waals surface area contributed by atoms with Gasteiger partial charge < -0.3 is 4.74 Å². The molecule has 3 aromatic rings. The third kappa shape index (κ3) is 4.10. The zero-order valence-corrected chi connectivity index (χ0v) is 18.0. The van der Waals surface area contributed by atoms with Crippen molar-refractivity contribution in [3.05, 3.63) is 76.0 Å². The van der Waals surface area contributed by atoms with E-state index in [1.54, 1.807) is 33.9 Å². The topological polar surface area (TPSA) is 78.3 Å². The van der Waals surface area contributed by atoms with Gasteiger partial charge in [0.2, 0.25) is 5.88 Å². The highest BCUT2D eigenvalue weighted by Gasteiger charge is 2.25. The molecule has 0 aliphatic rings. The molecule has 0 aliphatic carbocycles. The summed E-state index contributed by atoms with van der Waals surface area (Å²) in [5.41, 5.74) is 3.55. The average Bonchev–Trinajstić information content (AvgIpc) is 3.02. The van der Waals surface area contributed by atoms with E-state index in [2.05, 4.69) is 5.10 Å². The van der Waals surface area contributed by atoms with Crippen molar-refractivity contribution in [3.63, 3.8) is 0 Å². The first-order chi connectivity index (χ1) is 13.6. The average molecular weight is 413 g/mol. The Kier molecular flexibility index (Phi) is 5.61. The van der Waals surface area contributed by atoms with E-state index in [1.807, 2.05) is 30.3 Å². The molecule has 0 N–H and O–H groups in total. The van der Waals surface area contributed by atoms with E-state index in [0.29, 0.717) is 40.3 Å². The highest BCUT2D eigenvalue weighted by Crippen LogP contribution is 2.30. The summed E-state index contributed by atoms with van der Waals surface area (Å²) in [7, 11) is -1.67. The van der Waals surface area contributed by atoms with Gasteiger partial charge in [-0.25, -0.2) is 13.1 Å². The van der Waals surface area contributed by atoms with Crippen molar-refractivity contribution < 1.29 is 17.9 Å². The summed E-state index contributed by atoms with van der Waals surface area (Å²) in [5, 5.41) is 4.18. The first-order valence-corrected chi connectivity index (χ1v) is 11.0. The molecule has 2 aromatic carbocycles. The number of rotatable bonds is 6. The normalized spacial score (nSPS) is 11.5. The second-order valence-electron chi connectivity index (χ2n) is 7.18. The van der Waals surface area contributed by atoms with E-state index in [-0.39, 0.29) is 10.7 Å². The van der Waals surface area contributed by atoms with Crippen LogP contribution in [0.1, 0.15) is 38.2 Å². The summed E-state index contributed by atoms with van der Waals surface area (Å²) in [6.45, 7) is 5.50. The van der Waals surface area contributed by atoms with Crippen LogP contribution in [0.5, 0.6) is 5.88 Å². The fourth-order valence-corrected chi connectivity index (χ4v) is 4.84. The Balaban J connectivity index is 2.00. The minimum atomic E-state index is -3.39. The third-order valence-electron chi connectivity index (χ3n) is 4.99. The number of aryl methyl sites for hydroxylation is 2. The predicted octanol–water partition coefficient (Wildman–Crippen LogP) is 3.56. The second kappa shape index (κ2) is 7.83. The third-order valence-corrected chi connectivity index (χ3v) is 6.36. The van der Waals surface area contributed by atoms with E-state index in [4.69, 9.17) is 4.74 Å². The van der Waals surface area contributed by atoms with Gasteiger partial charge in [0.05, 0.1) is 11.1 Å². The summed E-state index contributed by atoms with van der Waals surface area (Å²) in [6, 6.07) is 11.3. The van der Waals surface area contributed by atoms with Crippen LogP contribution < -0.4 is 4.74 Å². The molecule has 0 atom stereocenters. The van der Waals surface area contributed by atoms with Crippen molar-refractivity contribution in [2.75, 3.05) is 6.26 Å². The summed E-state index contributed by atoms with van der Waals surface area (Å²) in [5.74, 6) is 0.130. The molecule has 1 aromatic heterocycles. The van der Waals surface area contributed by atoms with Gasteiger partial charge in [-0.1, -0.05) is 30.3 Å². The molecule has 0 radical (unpaired) electrons. The maximum atomic E-state index is 13.3. The zero-order valence-electron chi connectivity index (χ0n) is 17.2. The number of ketones is 1. The summed E-state index contributed by atoms with van der Waals surface area (Å²) < 4.78 is 31.7. The molecule has 7 heteroatoms. The van der Waals surface area contributed by atoms with Crippen molar-refractivity contribution >= 4 is 15.6 Å². The molecule has 0 aliphatic heterocycles. The van der Waals surface area contributed by atoms with Crippen LogP contribution in [0.25, 0.3) is 0 Å². The molecule has 152 valence electrons. The largest absolute Gasteiger partial charge is 0.472 e. The standard InChI is InChI=1S/C22H24N2O4S/c1-14-11-18(15(2)16(3)21(14)29(5,26)27)20(25)19-12-23-24(4)22(19)28-13-17-9-7-6-8-10-17/h6-12H,13H2,1-5H3. The van der Waals surface area contributed by atoms with Crippen LogP contribution in [0.4, 0.5) is 0 Å². The monoisotopic (exact) mass is 412 g/mol. The smallest absolute Gasteiger partial charge is 0.223 e. The van der Waals surface area contributed by atoms with E-state index in [0.717, 1.165) is 5.56 Å². The second-order valence-corrected chi connectivity index (χ2v) is 9.14. The molecule has 6 nitrogen and oxygen atoms in total. The number of benzene rings is 2. The van der Waals surface area contributed by atoms with Gasteiger partial charge in [0, 0.05) is 18.9 Å². The highest BCUT2D eigenvalue weighted by atomic mass is 32.2. The number of carbonyl (C=O) groups is 1. The first-order valence-electron chi connectivity index (χ1n) is 9.15. The van der Waals surface area contributed by atoms with Gasteiger partial charge in [-0.2, -0.15) is 5.10 Å². The van der Waals surface area contributed by atoms with Crippen LogP contribution in [0.15, 0.2) is 47.5 Å².